The zero-order valence-corrected chi connectivity index (χ0v) is 16.7. The van der Waals surface area contributed by atoms with E-state index >= 15 is 0 Å². The molecule has 0 aliphatic carbocycles. The average Bonchev–Trinajstić information content (AvgIpc) is 3.09. The molecule has 1 aliphatic rings. The third-order valence-electron chi connectivity index (χ3n) is 3.91. The summed E-state index contributed by atoms with van der Waals surface area (Å²) in [6.45, 7) is 7.09. The van der Waals surface area contributed by atoms with Gasteiger partial charge in [-0.15, -0.1) is 0 Å². The highest BCUT2D eigenvalue weighted by Gasteiger charge is 2.14. The lowest BCUT2D eigenvalue weighted by Gasteiger charge is -2.15. The van der Waals surface area contributed by atoms with Crippen molar-refractivity contribution >= 4 is 15.9 Å². The molecular formula is C20H24BrNO4. The van der Waals surface area contributed by atoms with E-state index in [9.17, 15) is 0 Å². The zero-order valence-electron chi connectivity index (χ0n) is 15.1. The molecule has 1 aliphatic heterocycles. The molecule has 26 heavy (non-hydrogen) atoms. The van der Waals surface area contributed by atoms with Gasteiger partial charge in [0.15, 0.2) is 23.0 Å². The van der Waals surface area contributed by atoms with E-state index in [4.69, 9.17) is 18.9 Å². The molecule has 0 fully saturated rings. The molecule has 5 nitrogen and oxygen atoms in total. The molecule has 3 rings (SSSR count). The van der Waals surface area contributed by atoms with Crippen LogP contribution in [0.5, 0.6) is 23.0 Å². The summed E-state index contributed by atoms with van der Waals surface area (Å²) < 4.78 is 23.3. The van der Waals surface area contributed by atoms with Crippen LogP contribution in [0.25, 0.3) is 0 Å². The lowest BCUT2D eigenvalue weighted by molar-refractivity contribution is 0.174. The van der Waals surface area contributed by atoms with Gasteiger partial charge >= 0.3 is 0 Å². The van der Waals surface area contributed by atoms with Crippen LogP contribution < -0.4 is 24.3 Å². The summed E-state index contributed by atoms with van der Waals surface area (Å²) in [6, 6.07) is 10.1. The molecule has 0 bridgehead atoms. The Hall–Kier alpha value is -1.92. The first kappa shape index (κ1) is 18.9. The highest BCUT2D eigenvalue weighted by atomic mass is 79.9. The van der Waals surface area contributed by atoms with Crippen molar-refractivity contribution in [2.45, 2.75) is 33.4 Å². The van der Waals surface area contributed by atoms with Gasteiger partial charge in [0.2, 0.25) is 6.79 Å². The van der Waals surface area contributed by atoms with Gasteiger partial charge in [-0.2, -0.15) is 0 Å². The van der Waals surface area contributed by atoms with Gasteiger partial charge in [-0.3, -0.25) is 0 Å². The molecule has 0 saturated heterocycles. The van der Waals surface area contributed by atoms with Crippen LogP contribution in [0.1, 0.15) is 31.4 Å². The Morgan fingerprint density at radius 3 is 2.62 bits per heavy atom. The Morgan fingerprint density at radius 2 is 1.81 bits per heavy atom. The maximum Gasteiger partial charge on any atom is 0.231 e. The van der Waals surface area contributed by atoms with Gasteiger partial charge in [-0.25, -0.2) is 0 Å². The topological polar surface area (TPSA) is 49.0 Å². The molecule has 0 radical (unpaired) electrons. The number of rotatable bonds is 9. The third kappa shape index (κ3) is 4.62. The smallest absolute Gasteiger partial charge is 0.231 e. The number of nitrogens with one attached hydrogen (secondary N) is 1. The molecule has 2 aromatic rings. The minimum absolute atomic E-state index is 0.299. The Kier molecular flexibility index (Phi) is 6.63. The summed E-state index contributed by atoms with van der Waals surface area (Å²) in [4.78, 5) is 0. The first-order chi connectivity index (χ1) is 12.7. The van der Waals surface area contributed by atoms with E-state index < -0.39 is 0 Å². The molecule has 6 heteroatoms. The standard InChI is InChI=1S/C20H24BrNO4/c1-3-7-24-20-16(21)8-15(10-19(20)23-4-2)12-22-11-14-5-6-17-18(9-14)26-13-25-17/h5-6,8-10,22H,3-4,7,11-13H2,1-2H3. The van der Waals surface area contributed by atoms with Gasteiger partial charge in [0, 0.05) is 13.1 Å². The number of benzene rings is 2. The lowest BCUT2D eigenvalue weighted by Crippen LogP contribution is -2.13. The molecule has 1 N–H and O–H groups in total. The van der Waals surface area contributed by atoms with Crippen LogP contribution in [0.15, 0.2) is 34.8 Å². The number of hydrogen-bond acceptors (Lipinski definition) is 5. The molecule has 0 saturated carbocycles. The van der Waals surface area contributed by atoms with Crippen LogP contribution in [-0.2, 0) is 13.1 Å². The van der Waals surface area contributed by atoms with Crippen molar-refractivity contribution in [1.82, 2.24) is 5.32 Å². The zero-order chi connectivity index (χ0) is 18.4. The van der Waals surface area contributed by atoms with E-state index in [1.807, 2.05) is 31.2 Å². The molecule has 2 aromatic carbocycles. The second kappa shape index (κ2) is 9.14. The summed E-state index contributed by atoms with van der Waals surface area (Å²) in [5, 5.41) is 3.45. The second-order valence-corrected chi connectivity index (χ2v) is 6.83. The van der Waals surface area contributed by atoms with Crippen molar-refractivity contribution in [3.63, 3.8) is 0 Å². The van der Waals surface area contributed by atoms with E-state index in [0.29, 0.717) is 20.0 Å². The van der Waals surface area contributed by atoms with Gasteiger partial charge in [0.1, 0.15) is 0 Å². The van der Waals surface area contributed by atoms with Gasteiger partial charge in [-0.05, 0) is 64.7 Å². The van der Waals surface area contributed by atoms with E-state index in [2.05, 4.69) is 34.2 Å². The van der Waals surface area contributed by atoms with E-state index in [-0.39, 0.29) is 0 Å². The Morgan fingerprint density at radius 1 is 1.00 bits per heavy atom. The van der Waals surface area contributed by atoms with Crippen molar-refractivity contribution in [1.29, 1.82) is 0 Å². The van der Waals surface area contributed by atoms with Crippen molar-refractivity contribution in [3.05, 3.63) is 45.9 Å². The minimum atomic E-state index is 0.299. The fraction of sp³-hybridized carbons (Fsp3) is 0.400. The van der Waals surface area contributed by atoms with E-state index in [1.54, 1.807) is 0 Å². The number of ether oxygens (including phenoxy) is 4. The summed E-state index contributed by atoms with van der Waals surface area (Å²) in [7, 11) is 0. The van der Waals surface area contributed by atoms with Crippen LogP contribution in [0.3, 0.4) is 0 Å². The van der Waals surface area contributed by atoms with Gasteiger partial charge < -0.3 is 24.3 Å². The van der Waals surface area contributed by atoms with E-state index in [0.717, 1.165) is 58.1 Å². The first-order valence-electron chi connectivity index (χ1n) is 8.88. The Balaban J connectivity index is 1.63. The van der Waals surface area contributed by atoms with E-state index in [1.165, 1.54) is 0 Å². The largest absolute Gasteiger partial charge is 0.490 e. The van der Waals surface area contributed by atoms with Crippen molar-refractivity contribution < 1.29 is 18.9 Å². The van der Waals surface area contributed by atoms with Crippen molar-refractivity contribution in [2.75, 3.05) is 20.0 Å². The first-order valence-corrected chi connectivity index (χ1v) is 9.67. The average molecular weight is 422 g/mol. The number of halogens is 1. The van der Waals surface area contributed by atoms with Crippen LogP contribution in [0.2, 0.25) is 0 Å². The highest BCUT2D eigenvalue weighted by Crippen LogP contribution is 2.37. The predicted octanol–water partition coefficient (Wildman–Crippen LogP) is 4.66. The van der Waals surface area contributed by atoms with Gasteiger partial charge in [0.05, 0.1) is 17.7 Å². The fourth-order valence-corrected chi connectivity index (χ4v) is 3.34. The fourth-order valence-electron chi connectivity index (χ4n) is 2.73. The van der Waals surface area contributed by atoms with Crippen LogP contribution in [0, 0.1) is 0 Å². The molecule has 0 atom stereocenters. The predicted molar refractivity (Wildman–Crippen MR) is 104 cm³/mol. The van der Waals surface area contributed by atoms with Crippen molar-refractivity contribution in [3.8, 4) is 23.0 Å². The summed E-state index contributed by atoms with van der Waals surface area (Å²) in [5.74, 6) is 3.16. The molecule has 0 aromatic heterocycles. The molecule has 0 amide bonds. The molecular weight excluding hydrogens is 398 g/mol. The molecule has 1 heterocycles. The SMILES string of the molecule is CCCOc1c(Br)cc(CNCc2ccc3c(c2)OCO3)cc1OCC. The quantitative estimate of drug-likeness (QED) is 0.637. The van der Waals surface area contributed by atoms with Crippen LogP contribution in [-0.4, -0.2) is 20.0 Å². The summed E-state index contributed by atoms with van der Waals surface area (Å²) in [6.07, 6.45) is 0.955. The Labute approximate surface area is 162 Å². The highest BCUT2D eigenvalue weighted by molar-refractivity contribution is 9.10. The summed E-state index contributed by atoms with van der Waals surface area (Å²) in [5.41, 5.74) is 2.28. The lowest BCUT2D eigenvalue weighted by atomic mass is 10.1. The molecule has 0 spiro atoms. The van der Waals surface area contributed by atoms with Crippen LogP contribution in [0.4, 0.5) is 0 Å². The maximum atomic E-state index is 5.82. The second-order valence-electron chi connectivity index (χ2n) is 5.98. The van der Waals surface area contributed by atoms with Crippen LogP contribution >= 0.6 is 15.9 Å². The Bertz CT molecular complexity index is 751. The maximum absolute atomic E-state index is 5.82. The number of hydrogen-bond donors (Lipinski definition) is 1. The molecule has 0 unspecified atom stereocenters. The van der Waals surface area contributed by atoms with Gasteiger partial charge in [0.25, 0.3) is 0 Å². The third-order valence-corrected chi connectivity index (χ3v) is 4.50. The minimum Gasteiger partial charge on any atom is -0.490 e. The molecule has 140 valence electrons. The van der Waals surface area contributed by atoms with Gasteiger partial charge in [-0.1, -0.05) is 13.0 Å². The number of fused-ring (bicyclic) bond motifs is 1. The van der Waals surface area contributed by atoms with Crippen molar-refractivity contribution in [2.24, 2.45) is 0 Å². The monoisotopic (exact) mass is 421 g/mol. The summed E-state index contributed by atoms with van der Waals surface area (Å²) >= 11 is 3.61. The normalized spacial score (nSPS) is 12.3.